The highest BCUT2D eigenvalue weighted by Gasteiger charge is 2.24. The predicted octanol–water partition coefficient (Wildman–Crippen LogP) is 0.929. The lowest BCUT2D eigenvalue weighted by Gasteiger charge is -2.38. The van der Waals surface area contributed by atoms with Crippen molar-refractivity contribution in [3.8, 4) is 0 Å². The van der Waals surface area contributed by atoms with E-state index in [1.165, 1.54) is 0 Å². The van der Waals surface area contributed by atoms with Crippen LogP contribution in [-0.4, -0.2) is 77.6 Å². The molecule has 1 N–H and O–H groups in total. The molecule has 1 rings (SSSR count). The van der Waals surface area contributed by atoms with Crippen LogP contribution in [0.2, 0.25) is 0 Å². The largest absolute Gasteiger partial charge is 0.481 e. The van der Waals surface area contributed by atoms with E-state index in [1.54, 1.807) is 11.9 Å². The molecule has 19 heavy (non-hydrogen) atoms. The number of piperazine rings is 1. The van der Waals surface area contributed by atoms with Crippen LogP contribution in [0.1, 0.15) is 26.7 Å². The second kappa shape index (κ2) is 7.33. The maximum Gasteiger partial charge on any atom is 0.319 e. The van der Waals surface area contributed by atoms with E-state index in [1.807, 2.05) is 4.90 Å². The van der Waals surface area contributed by atoms with E-state index in [9.17, 15) is 9.59 Å². The van der Waals surface area contributed by atoms with Crippen molar-refractivity contribution in [1.82, 2.24) is 14.7 Å². The van der Waals surface area contributed by atoms with Crippen LogP contribution in [0.3, 0.4) is 0 Å². The average molecular weight is 271 g/mol. The molecule has 6 heteroatoms. The summed E-state index contributed by atoms with van der Waals surface area (Å²) in [6.45, 7) is 8.14. The lowest BCUT2D eigenvalue weighted by Crippen LogP contribution is -2.53. The van der Waals surface area contributed by atoms with Gasteiger partial charge in [-0.05, 0) is 20.3 Å². The Morgan fingerprint density at radius 3 is 2.26 bits per heavy atom. The van der Waals surface area contributed by atoms with Gasteiger partial charge in [0.2, 0.25) is 0 Å². The topological polar surface area (TPSA) is 64.1 Å². The van der Waals surface area contributed by atoms with Gasteiger partial charge in [-0.15, -0.1) is 0 Å². The number of hydrogen-bond donors (Lipinski definition) is 1. The Labute approximate surface area is 115 Å². The summed E-state index contributed by atoms with van der Waals surface area (Å²) < 4.78 is 0. The first-order valence-electron chi connectivity index (χ1n) is 6.87. The number of urea groups is 1. The second-order valence-electron chi connectivity index (χ2n) is 5.32. The fourth-order valence-electron chi connectivity index (χ4n) is 2.23. The molecule has 2 amide bonds. The number of amides is 2. The molecule has 0 aromatic carbocycles. The molecule has 6 nitrogen and oxygen atoms in total. The normalized spacial score (nSPS) is 16.7. The minimum Gasteiger partial charge on any atom is -0.481 e. The third kappa shape index (κ3) is 5.06. The van der Waals surface area contributed by atoms with Crippen LogP contribution >= 0.6 is 0 Å². The monoisotopic (exact) mass is 271 g/mol. The number of aliphatic carboxylic acids is 1. The molecule has 1 heterocycles. The summed E-state index contributed by atoms with van der Waals surface area (Å²) in [7, 11) is 1.74. The van der Waals surface area contributed by atoms with Crippen LogP contribution in [0.15, 0.2) is 0 Å². The number of carboxylic acid groups (broad SMARTS) is 1. The fraction of sp³-hybridized carbons (Fsp3) is 0.846. The van der Waals surface area contributed by atoms with E-state index in [0.717, 1.165) is 26.2 Å². The molecule has 0 unspecified atom stereocenters. The number of rotatable bonds is 5. The van der Waals surface area contributed by atoms with Gasteiger partial charge in [-0.25, -0.2) is 4.79 Å². The van der Waals surface area contributed by atoms with Crippen LogP contribution in [0.4, 0.5) is 4.79 Å². The highest BCUT2D eigenvalue weighted by molar-refractivity contribution is 5.74. The molecule has 0 spiro atoms. The number of nitrogens with zero attached hydrogens (tertiary/aromatic N) is 3. The number of carbonyl (C=O) groups is 2. The first kappa shape index (κ1) is 15.8. The molecule has 0 radical (unpaired) electrons. The third-order valence-electron chi connectivity index (χ3n) is 3.53. The van der Waals surface area contributed by atoms with Crippen molar-refractivity contribution < 1.29 is 14.7 Å². The first-order valence-corrected chi connectivity index (χ1v) is 6.87. The van der Waals surface area contributed by atoms with Crippen LogP contribution < -0.4 is 0 Å². The second-order valence-corrected chi connectivity index (χ2v) is 5.32. The van der Waals surface area contributed by atoms with Crippen LogP contribution in [0.25, 0.3) is 0 Å². The first-order chi connectivity index (χ1) is 8.91. The van der Waals surface area contributed by atoms with Crippen molar-refractivity contribution in [3.05, 3.63) is 0 Å². The zero-order valence-corrected chi connectivity index (χ0v) is 12.1. The maximum atomic E-state index is 12.1. The molecule has 1 aliphatic heterocycles. The van der Waals surface area contributed by atoms with Gasteiger partial charge in [0.15, 0.2) is 0 Å². The Bertz CT molecular complexity index is 312. The van der Waals surface area contributed by atoms with Crippen LogP contribution in [0.5, 0.6) is 0 Å². The van der Waals surface area contributed by atoms with Crippen molar-refractivity contribution in [1.29, 1.82) is 0 Å². The quantitative estimate of drug-likeness (QED) is 0.808. The van der Waals surface area contributed by atoms with Gasteiger partial charge in [0.1, 0.15) is 0 Å². The van der Waals surface area contributed by atoms with Gasteiger partial charge >= 0.3 is 12.0 Å². The summed E-state index contributed by atoms with van der Waals surface area (Å²) in [6, 6.07) is 0.527. The Hall–Kier alpha value is -1.30. The summed E-state index contributed by atoms with van der Waals surface area (Å²) in [5, 5.41) is 8.58. The standard InChI is InChI=1S/C13H25N3O3/c1-11(2)15-7-9-16(10-8-15)13(19)14(3)6-4-5-12(17)18/h11H,4-10H2,1-3H3,(H,17,18). The van der Waals surface area contributed by atoms with Gasteiger partial charge in [-0.1, -0.05) is 0 Å². The van der Waals surface area contributed by atoms with Gasteiger partial charge in [0.05, 0.1) is 0 Å². The molecule has 0 bridgehead atoms. The fourth-order valence-corrected chi connectivity index (χ4v) is 2.23. The highest BCUT2D eigenvalue weighted by atomic mass is 16.4. The molecule has 110 valence electrons. The molecular formula is C13H25N3O3. The molecule has 1 saturated heterocycles. The zero-order chi connectivity index (χ0) is 14.4. The number of carbonyl (C=O) groups excluding carboxylic acids is 1. The van der Waals surface area contributed by atoms with Crippen molar-refractivity contribution in [2.24, 2.45) is 0 Å². The maximum absolute atomic E-state index is 12.1. The third-order valence-corrected chi connectivity index (χ3v) is 3.53. The van der Waals surface area contributed by atoms with Gasteiger partial charge in [-0.2, -0.15) is 0 Å². The molecule has 1 fully saturated rings. The summed E-state index contributed by atoms with van der Waals surface area (Å²) in [4.78, 5) is 28.4. The molecular weight excluding hydrogens is 246 g/mol. The van der Waals surface area contributed by atoms with Gasteiger partial charge in [0.25, 0.3) is 0 Å². The molecule has 0 aromatic rings. The van der Waals surface area contributed by atoms with E-state index in [2.05, 4.69) is 18.7 Å². The molecule has 0 atom stereocenters. The minimum absolute atomic E-state index is 0.00814. The van der Waals surface area contributed by atoms with Crippen LogP contribution in [0, 0.1) is 0 Å². The Balaban J connectivity index is 2.31. The molecule has 0 aromatic heterocycles. The molecule has 0 aliphatic carbocycles. The number of carboxylic acids is 1. The smallest absolute Gasteiger partial charge is 0.319 e. The van der Waals surface area contributed by atoms with Crippen molar-refractivity contribution in [3.63, 3.8) is 0 Å². The van der Waals surface area contributed by atoms with Crippen molar-refractivity contribution >= 4 is 12.0 Å². The predicted molar refractivity (Wildman–Crippen MR) is 73.2 cm³/mol. The minimum atomic E-state index is -0.814. The number of hydrogen-bond acceptors (Lipinski definition) is 3. The summed E-state index contributed by atoms with van der Waals surface area (Å²) in [5.74, 6) is -0.814. The Morgan fingerprint density at radius 1 is 1.21 bits per heavy atom. The van der Waals surface area contributed by atoms with Gasteiger partial charge < -0.3 is 14.9 Å². The summed E-state index contributed by atoms with van der Waals surface area (Å²) in [6.07, 6.45) is 0.613. The summed E-state index contributed by atoms with van der Waals surface area (Å²) >= 11 is 0. The summed E-state index contributed by atoms with van der Waals surface area (Å²) in [5.41, 5.74) is 0. The van der Waals surface area contributed by atoms with E-state index >= 15 is 0 Å². The van der Waals surface area contributed by atoms with Crippen molar-refractivity contribution in [2.45, 2.75) is 32.7 Å². The lowest BCUT2D eigenvalue weighted by atomic mass is 10.2. The highest BCUT2D eigenvalue weighted by Crippen LogP contribution is 2.08. The molecule has 1 aliphatic rings. The zero-order valence-electron chi connectivity index (χ0n) is 12.1. The van der Waals surface area contributed by atoms with E-state index in [0.29, 0.717) is 19.0 Å². The SMILES string of the molecule is CC(C)N1CCN(C(=O)N(C)CCCC(=O)O)CC1. The lowest BCUT2D eigenvalue weighted by molar-refractivity contribution is -0.137. The van der Waals surface area contributed by atoms with E-state index < -0.39 is 5.97 Å². The van der Waals surface area contributed by atoms with Gasteiger partial charge in [0, 0.05) is 52.2 Å². The van der Waals surface area contributed by atoms with Crippen molar-refractivity contribution in [2.75, 3.05) is 39.8 Å². The average Bonchev–Trinajstić information content (AvgIpc) is 2.37. The molecule has 0 saturated carbocycles. The Morgan fingerprint density at radius 2 is 1.79 bits per heavy atom. The Kier molecular flexibility index (Phi) is 6.08. The van der Waals surface area contributed by atoms with E-state index in [-0.39, 0.29) is 12.5 Å². The van der Waals surface area contributed by atoms with E-state index in [4.69, 9.17) is 5.11 Å². The van der Waals surface area contributed by atoms with Gasteiger partial charge in [-0.3, -0.25) is 9.69 Å². The van der Waals surface area contributed by atoms with Crippen LogP contribution in [-0.2, 0) is 4.79 Å².